The summed E-state index contributed by atoms with van der Waals surface area (Å²) >= 11 is 0. The van der Waals surface area contributed by atoms with Crippen LogP contribution in [0.15, 0.2) is 42.7 Å². The van der Waals surface area contributed by atoms with Gasteiger partial charge in [0, 0.05) is 61.2 Å². The highest BCUT2D eigenvalue weighted by molar-refractivity contribution is 5.98. The molecule has 35 heavy (non-hydrogen) atoms. The zero-order valence-electron chi connectivity index (χ0n) is 19.2. The van der Waals surface area contributed by atoms with Crippen molar-refractivity contribution >= 4 is 23.2 Å². The Morgan fingerprint density at radius 2 is 1.86 bits per heavy atom. The summed E-state index contributed by atoms with van der Waals surface area (Å²) in [5, 5.41) is 2.89. The zero-order valence-corrected chi connectivity index (χ0v) is 19.2. The van der Waals surface area contributed by atoms with Crippen LogP contribution < -0.4 is 20.7 Å². The number of carbonyl (C=O) groups excluding carboxylic acids is 2. The third kappa shape index (κ3) is 5.53. The van der Waals surface area contributed by atoms with Gasteiger partial charge in [0.25, 0.3) is 5.91 Å². The van der Waals surface area contributed by atoms with E-state index in [-0.39, 0.29) is 29.3 Å². The van der Waals surface area contributed by atoms with Crippen molar-refractivity contribution in [2.24, 2.45) is 5.73 Å². The first kappa shape index (κ1) is 24.1. The number of anilines is 2. The van der Waals surface area contributed by atoms with E-state index >= 15 is 0 Å². The summed E-state index contributed by atoms with van der Waals surface area (Å²) in [6.07, 6.45) is 5.73. The molecule has 8 nitrogen and oxygen atoms in total. The fourth-order valence-electron chi connectivity index (χ4n) is 3.93. The number of pyridine rings is 2. The molecule has 0 saturated carbocycles. The van der Waals surface area contributed by atoms with Gasteiger partial charge in [-0.25, -0.2) is 8.78 Å². The van der Waals surface area contributed by atoms with E-state index in [0.29, 0.717) is 36.5 Å². The number of halogens is 2. The SMILES string of the molecule is COc1cc(F)c(CNc2cc(Cc3ccc(N4CCCCC4=O)cn3)ncc2C(N)=O)c(F)c1. The van der Waals surface area contributed by atoms with Crippen molar-refractivity contribution in [2.45, 2.75) is 32.2 Å². The quantitative estimate of drug-likeness (QED) is 0.509. The normalized spacial score (nSPS) is 13.6. The van der Waals surface area contributed by atoms with E-state index in [2.05, 4.69) is 15.3 Å². The molecule has 0 atom stereocenters. The van der Waals surface area contributed by atoms with Crippen LogP contribution in [0.3, 0.4) is 0 Å². The molecule has 0 bridgehead atoms. The number of ether oxygens (including phenoxy) is 1. The Hall–Kier alpha value is -4.08. The number of methoxy groups -OCH3 is 1. The first-order valence-electron chi connectivity index (χ1n) is 11.2. The number of hydrogen-bond donors (Lipinski definition) is 2. The summed E-state index contributed by atoms with van der Waals surface area (Å²) in [4.78, 5) is 34.5. The number of primary amides is 1. The summed E-state index contributed by atoms with van der Waals surface area (Å²) in [7, 11) is 1.32. The lowest BCUT2D eigenvalue weighted by molar-refractivity contribution is -0.119. The number of hydrogen-bond acceptors (Lipinski definition) is 6. The van der Waals surface area contributed by atoms with Gasteiger partial charge in [-0.15, -0.1) is 0 Å². The number of amides is 2. The van der Waals surface area contributed by atoms with Crippen LogP contribution >= 0.6 is 0 Å². The second kappa shape index (κ2) is 10.5. The van der Waals surface area contributed by atoms with Crippen LogP contribution in [0.25, 0.3) is 0 Å². The van der Waals surface area contributed by atoms with Gasteiger partial charge in [0.1, 0.15) is 17.4 Å². The minimum Gasteiger partial charge on any atom is -0.497 e. The molecule has 3 heterocycles. The largest absolute Gasteiger partial charge is 0.497 e. The molecule has 10 heteroatoms. The molecule has 0 radical (unpaired) electrons. The molecule has 1 fully saturated rings. The van der Waals surface area contributed by atoms with Gasteiger partial charge in [-0.1, -0.05) is 0 Å². The third-order valence-electron chi connectivity index (χ3n) is 5.84. The van der Waals surface area contributed by atoms with Gasteiger partial charge in [-0.2, -0.15) is 0 Å². The number of nitrogens with zero attached hydrogens (tertiary/aromatic N) is 3. The van der Waals surface area contributed by atoms with Gasteiger partial charge in [0.2, 0.25) is 5.91 Å². The van der Waals surface area contributed by atoms with Crippen molar-refractivity contribution in [1.29, 1.82) is 0 Å². The molecule has 2 aromatic heterocycles. The van der Waals surface area contributed by atoms with Gasteiger partial charge in [-0.05, 0) is 31.0 Å². The Bertz CT molecular complexity index is 1230. The van der Waals surface area contributed by atoms with E-state index in [1.165, 1.54) is 13.3 Å². The topological polar surface area (TPSA) is 110 Å². The molecule has 0 spiro atoms. The number of nitrogens with one attached hydrogen (secondary N) is 1. The van der Waals surface area contributed by atoms with Crippen molar-refractivity contribution in [1.82, 2.24) is 9.97 Å². The first-order chi connectivity index (χ1) is 16.9. The van der Waals surface area contributed by atoms with E-state index in [9.17, 15) is 18.4 Å². The molecule has 0 unspecified atom stereocenters. The summed E-state index contributed by atoms with van der Waals surface area (Å²) < 4.78 is 33.5. The van der Waals surface area contributed by atoms with E-state index in [1.54, 1.807) is 17.2 Å². The van der Waals surface area contributed by atoms with Gasteiger partial charge in [-0.3, -0.25) is 19.6 Å². The van der Waals surface area contributed by atoms with Crippen LogP contribution in [-0.4, -0.2) is 35.4 Å². The Labute approximate surface area is 201 Å². The monoisotopic (exact) mass is 481 g/mol. The average Bonchev–Trinajstić information content (AvgIpc) is 2.84. The highest BCUT2D eigenvalue weighted by Gasteiger charge is 2.20. The van der Waals surface area contributed by atoms with Crippen LogP contribution in [-0.2, 0) is 17.8 Å². The van der Waals surface area contributed by atoms with E-state index < -0.39 is 17.5 Å². The lowest BCUT2D eigenvalue weighted by atomic mass is 10.1. The second-order valence-electron chi connectivity index (χ2n) is 8.20. The van der Waals surface area contributed by atoms with Gasteiger partial charge in [0.15, 0.2) is 0 Å². The molecule has 1 aliphatic heterocycles. The Morgan fingerprint density at radius 3 is 2.49 bits per heavy atom. The van der Waals surface area contributed by atoms with E-state index in [0.717, 1.165) is 30.7 Å². The van der Waals surface area contributed by atoms with Crippen LogP contribution in [0.4, 0.5) is 20.2 Å². The minimum absolute atomic E-state index is 0.0657. The standard InChI is InChI=1S/C25H25F2N5O3/c1-35-18-10-21(26)19(22(27)11-18)13-31-23-9-16(30-14-20(23)25(28)34)8-15-5-6-17(12-29-15)32-7-3-2-4-24(32)33/h5-6,9-12,14H,2-4,7-8,13H2,1H3,(H2,28,34)(H,30,31). The van der Waals surface area contributed by atoms with Crippen LogP contribution in [0.2, 0.25) is 0 Å². The molecule has 4 rings (SSSR count). The molecule has 1 aliphatic rings. The van der Waals surface area contributed by atoms with Crippen LogP contribution in [0.5, 0.6) is 5.75 Å². The Morgan fingerprint density at radius 1 is 1.11 bits per heavy atom. The Kier molecular flexibility index (Phi) is 7.19. The smallest absolute Gasteiger partial charge is 0.252 e. The maximum absolute atomic E-state index is 14.3. The summed E-state index contributed by atoms with van der Waals surface area (Å²) in [6, 6.07) is 7.43. The van der Waals surface area contributed by atoms with E-state index in [1.807, 2.05) is 12.1 Å². The average molecular weight is 482 g/mol. The van der Waals surface area contributed by atoms with Gasteiger partial charge >= 0.3 is 0 Å². The van der Waals surface area contributed by atoms with Crippen LogP contribution in [0, 0.1) is 11.6 Å². The molecule has 3 N–H and O–H groups in total. The lowest BCUT2D eigenvalue weighted by Gasteiger charge is -2.26. The maximum Gasteiger partial charge on any atom is 0.252 e. The zero-order chi connectivity index (χ0) is 24.9. The molecule has 0 aliphatic carbocycles. The number of carbonyl (C=O) groups is 2. The second-order valence-corrected chi connectivity index (χ2v) is 8.20. The predicted octanol–water partition coefficient (Wildman–Crippen LogP) is 3.58. The predicted molar refractivity (Wildman–Crippen MR) is 126 cm³/mol. The van der Waals surface area contributed by atoms with E-state index in [4.69, 9.17) is 10.5 Å². The highest BCUT2D eigenvalue weighted by Crippen LogP contribution is 2.24. The molecule has 1 saturated heterocycles. The summed E-state index contributed by atoms with van der Waals surface area (Å²) in [6.45, 7) is 0.461. The maximum atomic E-state index is 14.3. The summed E-state index contributed by atoms with van der Waals surface area (Å²) in [5.41, 5.74) is 7.67. The number of benzene rings is 1. The first-order valence-corrected chi connectivity index (χ1v) is 11.2. The fourth-order valence-corrected chi connectivity index (χ4v) is 3.93. The molecular formula is C25H25F2N5O3. The molecular weight excluding hydrogens is 456 g/mol. The number of piperidine rings is 1. The van der Waals surface area contributed by atoms with Crippen molar-refractivity contribution < 1.29 is 23.1 Å². The third-order valence-corrected chi connectivity index (χ3v) is 5.84. The highest BCUT2D eigenvalue weighted by atomic mass is 19.1. The number of aromatic nitrogens is 2. The van der Waals surface area contributed by atoms with Crippen molar-refractivity contribution in [2.75, 3.05) is 23.9 Å². The molecule has 3 aromatic rings. The summed E-state index contributed by atoms with van der Waals surface area (Å²) in [5.74, 6) is -2.12. The van der Waals surface area contributed by atoms with Crippen molar-refractivity contribution in [3.8, 4) is 5.75 Å². The molecule has 2 amide bonds. The van der Waals surface area contributed by atoms with Gasteiger partial charge < -0.3 is 20.7 Å². The van der Waals surface area contributed by atoms with Crippen molar-refractivity contribution in [3.63, 3.8) is 0 Å². The van der Waals surface area contributed by atoms with Crippen molar-refractivity contribution in [3.05, 3.63) is 76.9 Å². The van der Waals surface area contributed by atoms with Crippen LogP contribution in [0.1, 0.15) is 46.6 Å². The Balaban J connectivity index is 1.51. The van der Waals surface area contributed by atoms with Gasteiger partial charge in [0.05, 0.1) is 30.2 Å². The molecule has 182 valence electrons. The lowest BCUT2D eigenvalue weighted by Crippen LogP contribution is -2.35. The number of nitrogens with two attached hydrogens (primary N) is 1. The number of rotatable bonds is 8. The fraction of sp³-hybridized carbons (Fsp3) is 0.280. The molecule has 1 aromatic carbocycles. The minimum atomic E-state index is -0.777.